The van der Waals surface area contributed by atoms with Crippen molar-refractivity contribution < 1.29 is 19.2 Å². The van der Waals surface area contributed by atoms with Crippen LogP contribution in [0.15, 0.2) is 59.2 Å². The molecular formula is C17H12N2O5. The van der Waals surface area contributed by atoms with E-state index in [1.807, 2.05) is 0 Å². The Morgan fingerprint density at radius 1 is 1.21 bits per heavy atom. The zero-order valence-electron chi connectivity index (χ0n) is 12.6. The number of nitro benzene ring substituents is 1. The average Bonchev–Trinajstić information content (AvgIpc) is 2.96. The molecule has 0 saturated carbocycles. The van der Waals surface area contributed by atoms with Crippen molar-refractivity contribution >= 4 is 23.6 Å². The van der Waals surface area contributed by atoms with E-state index in [1.54, 1.807) is 31.4 Å². The number of aliphatic imine (C=N–C) groups is 1. The summed E-state index contributed by atoms with van der Waals surface area (Å²) in [7, 11) is 1.54. The molecule has 7 heteroatoms. The minimum Gasteiger partial charge on any atom is -0.497 e. The first-order chi connectivity index (χ1) is 11.6. The molecule has 0 saturated heterocycles. The van der Waals surface area contributed by atoms with E-state index in [0.29, 0.717) is 16.9 Å². The minimum atomic E-state index is -0.578. The second kappa shape index (κ2) is 6.33. The second-order valence-corrected chi connectivity index (χ2v) is 4.92. The van der Waals surface area contributed by atoms with Crippen LogP contribution in [0.5, 0.6) is 5.75 Å². The molecule has 1 heterocycles. The van der Waals surface area contributed by atoms with Gasteiger partial charge < -0.3 is 9.47 Å². The summed E-state index contributed by atoms with van der Waals surface area (Å²) < 4.78 is 10.3. The normalized spacial score (nSPS) is 15.1. The predicted octanol–water partition coefficient (Wildman–Crippen LogP) is 2.95. The number of nitrogens with zero attached hydrogens (tertiary/aromatic N) is 2. The molecule has 0 bridgehead atoms. The first-order valence-corrected chi connectivity index (χ1v) is 6.98. The van der Waals surface area contributed by atoms with Gasteiger partial charge in [0.2, 0.25) is 5.90 Å². The third kappa shape index (κ3) is 3.14. The van der Waals surface area contributed by atoms with Crippen LogP contribution in [0.1, 0.15) is 11.1 Å². The summed E-state index contributed by atoms with van der Waals surface area (Å²) in [6.07, 6.45) is 1.51. The summed E-state index contributed by atoms with van der Waals surface area (Å²) in [5, 5.41) is 10.6. The van der Waals surface area contributed by atoms with Gasteiger partial charge in [-0.15, -0.1) is 0 Å². The molecule has 1 aliphatic heterocycles. The Balaban J connectivity index is 1.89. The van der Waals surface area contributed by atoms with Crippen LogP contribution in [-0.2, 0) is 9.53 Å². The van der Waals surface area contributed by atoms with E-state index >= 15 is 0 Å². The average molecular weight is 324 g/mol. The molecule has 2 aromatic carbocycles. The smallest absolute Gasteiger partial charge is 0.363 e. The highest BCUT2D eigenvalue weighted by Crippen LogP contribution is 2.22. The lowest BCUT2D eigenvalue weighted by molar-refractivity contribution is -0.384. The van der Waals surface area contributed by atoms with Crippen LogP contribution >= 0.6 is 0 Å². The van der Waals surface area contributed by atoms with Crippen molar-refractivity contribution in [3.05, 3.63) is 75.5 Å². The molecule has 0 aromatic heterocycles. The van der Waals surface area contributed by atoms with Crippen LogP contribution in [0.2, 0.25) is 0 Å². The monoisotopic (exact) mass is 324 g/mol. The molecule has 24 heavy (non-hydrogen) atoms. The molecule has 0 amide bonds. The quantitative estimate of drug-likeness (QED) is 0.373. The van der Waals surface area contributed by atoms with Gasteiger partial charge in [0, 0.05) is 17.7 Å². The Kier molecular flexibility index (Phi) is 4.07. The number of nitro groups is 1. The highest BCUT2D eigenvalue weighted by molar-refractivity contribution is 6.12. The van der Waals surface area contributed by atoms with Crippen LogP contribution in [0.25, 0.3) is 6.08 Å². The fourth-order valence-electron chi connectivity index (χ4n) is 2.14. The van der Waals surface area contributed by atoms with Gasteiger partial charge in [-0.2, -0.15) is 0 Å². The van der Waals surface area contributed by atoms with E-state index in [9.17, 15) is 14.9 Å². The lowest BCUT2D eigenvalue weighted by Gasteiger charge is -2.02. The van der Waals surface area contributed by atoms with Crippen molar-refractivity contribution in [3.63, 3.8) is 0 Å². The number of hydrogen-bond acceptors (Lipinski definition) is 6. The van der Waals surface area contributed by atoms with Gasteiger partial charge in [0.25, 0.3) is 5.69 Å². The van der Waals surface area contributed by atoms with E-state index in [1.165, 1.54) is 30.3 Å². The first-order valence-electron chi connectivity index (χ1n) is 6.98. The molecule has 0 atom stereocenters. The number of ether oxygens (including phenoxy) is 2. The van der Waals surface area contributed by atoms with E-state index in [2.05, 4.69) is 4.99 Å². The Morgan fingerprint density at radius 2 is 1.96 bits per heavy atom. The molecule has 0 unspecified atom stereocenters. The third-order valence-corrected chi connectivity index (χ3v) is 3.34. The number of carbonyl (C=O) groups excluding carboxylic acids is 1. The van der Waals surface area contributed by atoms with Gasteiger partial charge in [0.1, 0.15) is 5.75 Å². The molecule has 0 N–H and O–H groups in total. The van der Waals surface area contributed by atoms with Crippen LogP contribution < -0.4 is 4.74 Å². The first kappa shape index (κ1) is 15.4. The molecule has 2 aromatic rings. The Labute approximate surface area is 137 Å². The number of hydrogen-bond donors (Lipinski definition) is 0. The molecule has 7 nitrogen and oxygen atoms in total. The maximum atomic E-state index is 11.9. The number of carbonyl (C=O) groups is 1. The zero-order valence-corrected chi connectivity index (χ0v) is 12.6. The van der Waals surface area contributed by atoms with Gasteiger partial charge in [-0.1, -0.05) is 6.07 Å². The van der Waals surface area contributed by atoms with Crippen molar-refractivity contribution in [2.45, 2.75) is 0 Å². The summed E-state index contributed by atoms with van der Waals surface area (Å²) in [5.41, 5.74) is 1.34. The summed E-state index contributed by atoms with van der Waals surface area (Å²) in [6, 6.07) is 12.8. The largest absolute Gasteiger partial charge is 0.497 e. The molecule has 120 valence electrons. The summed E-state index contributed by atoms with van der Waals surface area (Å²) in [5.74, 6) is 0.234. The lowest BCUT2D eigenvalue weighted by atomic mass is 10.2. The van der Waals surface area contributed by atoms with Crippen LogP contribution in [-0.4, -0.2) is 23.9 Å². The summed E-state index contributed by atoms with van der Waals surface area (Å²) in [4.78, 5) is 26.3. The molecule has 3 rings (SSSR count). The van der Waals surface area contributed by atoms with Crippen molar-refractivity contribution in [2.75, 3.05) is 7.11 Å². The number of rotatable bonds is 4. The topological polar surface area (TPSA) is 91.0 Å². The number of methoxy groups -OCH3 is 1. The molecular weight excluding hydrogens is 312 g/mol. The van der Waals surface area contributed by atoms with Crippen molar-refractivity contribution in [1.29, 1.82) is 0 Å². The van der Waals surface area contributed by atoms with Crippen molar-refractivity contribution in [3.8, 4) is 5.75 Å². The predicted molar refractivity (Wildman–Crippen MR) is 86.7 cm³/mol. The fraction of sp³-hybridized carbons (Fsp3) is 0.0588. The number of benzene rings is 2. The highest BCUT2D eigenvalue weighted by Gasteiger charge is 2.24. The van der Waals surface area contributed by atoms with E-state index in [4.69, 9.17) is 9.47 Å². The summed E-state index contributed by atoms with van der Waals surface area (Å²) >= 11 is 0. The molecule has 0 fully saturated rings. The van der Waals surface area contributed by atoms with Crippen LogP contribution in [0, 0.1) is 10.1 Å². The van der Waals surface area contributed by atoms with Gasteiger partial charge in [0.15, 0.2) is 5.70 Å². The number of non-ortho nitro benzene ring substituents is 1. The second-order valence-electron chi connectivity index (χ2n) is 4.92. The van der Waals surface area contributed by atoms with Gasteiger partial charge in [-0.3, -0.25) is 10.1 Å². The van der Waals surface area contributed by atoms with Gasteiger partial charge in [0.05, 0.1) is 12.0 Å². The Hall–Kier alpha value is -3.48. The Bertz CT molecular complexity index is 869. The number of cyclic esters (lactones) is 1. The minimum absolute atomic E-state index is 0.0216. The zero-order chi connectivity index (χ0) is 17.1. The lowest BCUT2D eigenvalue weighted by Crippen LogP contribution is -2.05. The highest BCUT2D eigenvalue weighted by atomic mass is 16.6. The van der Waals surface area contributed by atoms with Gasteiger partial charge in [-0.05, 0) is 42.0 Å². The van der Waals surface area contributed by atoms with Gasteiger partial charge in [-0.25, -0.2) is 9.79 Å². The van der Waals surface area contributed by atoms with Crippen molar-refractivity contribution in [2.24, 2.45) is 4.99 Å². The number of esters is 1. The molecule has 1 aliphatic rings. The summed E-state index contributed by atoms with van der Waals surface area (Å²) in [6.45, 7) is 0. The Morgan fingerprint density at radius 3 is 2.62 bits per heavy atom. The van der Waals surface area contributed by atoms with Crippen LogP contribution in [0.3, 0.4) is 0 Å². The molecule has 0 aliphatic carbocycles. The molecule has 0 spiro atoms. The molecule has 0 radical (unpaired) electrons. The third-order valence-electron chi connectivity index (χ3n) is 3.34. The van der Waals surface area contributed by atoms with Crippen molar-refractivity contribution in [1.82, 2.24) is 0 Å². The SMILES string of the molecule is COc1cccc(C2=N/C(=C/c3ccc([N+](=O)[O-])cc3)C(=O)O2)c1. The van der Waals surface area contributed by atoms with E-state index < -0.39 is 10.9 Å². The van der Waals surface area contributed by atoms with Gasteiger partial charge >= 0.3 is 5.97 Å². The van der Waals surface area contributed by atoms with E-state index in [0.717, 1.165) is 0 Å². The fourth-order valence-corrected chi connectivity index (χ4v) is 2.14. The maximum absolute atomic E-state index is 11.9. The standard InChI is InChI=1S/C17H12N2O5/c1-23-14-4-2-3-12(10-14)16-18-15(17(20)24-16)9-11-5-7-13(8-6-11)19(21)22/h2-10H,1H3/b15-9+. The van der Waals surface area contributed by atoms with E-state index in [-0.39, 0.29) is 17.3 Å². The van der Waals surface area contributed by atoms with Crippen LogP contribution in [0.4, 0.5) is 5.69 Å². The maximum Gasteiger partial charge on any atom is 0.363 e.